The first-order chi connectivity index (χ1) is 14.0. The van der Waals surface area contributed by atoms with Crippen LogP contribution in [0.4, 0.5) is 0 Å². The summed E-state index contributed by atoms with van der Waals surface area (Å²) in [6.07, 6.45) is 3.59. The Labute approximate surface area is 194 Å². The van der Waals surface area contributed by atoms with Crippen molar-refractivity contribution in [3.05, 3.63) is 47.8 Å². The van der Waals surface area contributed by atoms with Crippen LogP contribution in [-0.2, 0) is 34.9 Å². The summed E-state index contributed by atoms with van der Waals surface area (Å²) in [4.78, 5) is 4.45. The molecule has 0 bridgehead atoms. The molecule has 0 spiro atoms. The van der Waals surface area contributed by atoms with Gasteiger partial charge in [0.25, 0.3) is 0 Å². The summed E-state index contributed by atoms with van der Waals surface area (Å²) in [6.45, 7) is 2.14. The highest BCUT2D eigenvalue weighted by molar-refractivity contribution is 14.0. The second kappa shape index (κ2) is 11.6. The number of nitrogens with one attached hydrogen (secondary N) is 3. The number of sulfonamides is 1. The van der Waals surface area contributed by atoms with Crippen molar-refractivity contribution in [1.29, 1.82) is 0 Å². The molecular weight excluding hydrogens is 519 g/mol. The second-order valence-electron chi connectivity index (χ2n) is 6.86. The molecule has 1 atom stereocenters. The van der Waals surface area contributed by atoms with E-state index in [1.807, 2.05) is 13.1 Å². The minimum absolute atomic E-state index is 0. The summed E-state index contributed by atoms with van der Waals surface area (Å²) in [5.74, 6) is 0.654. The minimum Gasteiger partial charge on any atom is -0.377 e. The Morgan fingerprint density at radius 3 is 2.57 bits per heavy atom. The average molecular weight is 548 g/mol. The van der Waals surface area contributed by atoms with Crippen molar-refractivity contribution >= 4 is 40.0 Å². The maximum atomic E-state index is 12.4. The third-order valence-electron chi connectivity index (χ3n) is 4.80. The zero-order valence-corrected chi connectivity index (χ0v) is 20.3. The van der Waals surface area contributed by atoms with E-state index >= 15 is 0 Å². The van der Waals surface area contributed by atoms with E-state index in [9.17, 15) is 8.42 Å². The van der Waals surface area contributed by atoms with Crippen molar-refractivity contribution in [1.82, 2.24) is 25.1 Å². The van der Waals surface area contributed by atoms with E-state index in [0.29, 0.717) is 32.2 Å². The molecule has 1 saturated heterocycles. The number of hydrogen-bond donors (Lipinski definition) is 3. The summed E-state index contributed by atoms with van der Waals surface area (Å²) in [5.41, 5.74) is 1.99. The molecule has 3 rings (SSSR count). The van der Waals surface area contributed by atoms with E-state index in [-0.39, 0.29) is 35.0 Å². The van der Waals surface area contributed by atoms with Gasteiger partial charge < -0.3 is 15.4 Å². The van der Waals surface area contributed by atoms with Gasteiger partial charge in [0, 0.05) is 40.0 Å². The number of benzene rings is 1. The molecule has 1 aliphatic heterocycles. The van der Waals surface area contributed by atoms with Gasteiger partial charge in [-0.25, -0.2) is 13.1 Å². The van der Waals surface area contributed by atoms with Gasteiger partial charge in [-0.15, -0.1) is 24.0 Å². The van der Waals surface area contributed by atoms with E-state index in [0.717, 1.165) is 24.1 Å². The van der Waals surface area contributed by atoms with Gasteiger partial charge in [0.05, 0.1) is 23.2 Å². The number of halogens is 1. The number of aliphatic imine (C=N–C) groups is 1. The maximum Gasteiger partial charge on any atom is 0.240 e. The molecule has 166 valence electrons. The summed E-state index contributed by atoms with van der Waals surface area (Å²) < 4.78 is 34.7. The molecule has 2 heterocycles. The fourth-order valence-corrected chi connectivity index (χ4v) is 4.10. The molecule has 1 fully saturated rings. The largest absolute Gasteiger partial charge is 0.377 e. The quantitative estimate of drug-likeness (QED) is 0.261. The van der Waals surface area contributed by atoms with Gasteiger partial charge in [0.1, 0.15) is 0 Å². The van der Waals surface area contributed by atoms with Gasteiger partial charge in [-0.05, 0) is 36.6 Å². The van der Waals surface area contributed by atoms with Crippen LogP contribution in [0.2, 0.25) is 0 Å². The van der Waals surface area contributed by atoms with Crippen molar-refractivity contribution in [2.45, 2.75) is 36.9 Å². The number of ether oxygens (including phenoxy) is 1. The summed E-state index contributed by atoms with van der Waals surface area (Å²) >= 11 is 0. The summed E-state index contributed by atoms with van der Waals surface area (Å²) in [6, 6.07) is 8.75. The zero-order valence-electron chi connectivity index (χ0n) is 17.2. The highest BCUT2D eigenvalue weighted by atomic mass is 127. The van der Waals surface area contributed by atoms with Gasteiger partial charge >= 0.3 is 0 Å². The Morgan fingerprint density at radius 2 is 1.97 bits per heavy atom. The van der Waals surface area contributed by atoms with Crippen LogP contribution in [-0.4, -0.2) is 50.5 Å². The first kappa shape index (κ1) is 24.6. The SMILES string of the molecule is CN=C(NCc1ccc(S(=O)(=O)NCC2CCCO2)cc1)NCc1ccnn1C.I. The monoisotopic (exact) mass is 548 g/mol. The third kappa shape index (κ3) is 6.93. The Morgan fingerprint density at radius 1 is 1.23 bits per heavy atom. The van der Waals surface area contributed by atoms with Crippen LogP contribution in [0.1, 0.15) is 24.1 Å². The lowest BCUT2D eigenvalue weighted by Gasteiger charge is -2.13. The van der Waals surface area contributed by atoms with Gasteiger partial charge in [-0.1, -0.05) is 12.1 Å². The number of rotatable bonds is 8. The molecule has 1 aromatic heterocycles. The lowest BCUT2D eigenvalue weighted by Crippen LogP contribution is -2.36. The average Bonchev–Trinajstić information content (AvgIpc) is 3.39. The molecule has 2 aromatic rings. The van der Waals surface area contributed by atoms with E-state index in [4.69, 9.17) is 4.74 Å². The Kier molecular flexibility index (Phi) is 9.52. The summed E-state index contributed by atoms with van der Waals surface area (Å²) in [7, 11) is 0.0567. The number of nitrogens with zero attached hydrogens (tertiary/aromatic N) is 3. The van der Waals surface area contributed by atoms with Gasteiger partial charge in [0.2, 0.25) is 10.0 Å². The number of guanidine groups is 1. The molecular formula is C19H29IN6O3S. The Hall–Kier alpha value is -1.70. The molecule has 30 heavy (non-hydrogen) atoms. The van der Waals surface area contributed by atoms with Crippen LogP contribution in [0.5, 0.6) is 0 Å². The fraction of sp³-hybridized carbons (Fsp3) is 0.474. The van der Waals surface area contributed by atoms with Crippen LogP contribution < -0.4 is 15.4 Å². The highest BCUT2D eigenvalue weighted by Crippen LogP contribution is 2.14. The fourth-order valence-electron chi connectivity index (χ4n) is 3.03. The predicted molar refractivity (Wildman–Crippen MR) is 126 cm³/mol. The molecule has 9 nitrogen and oxygen atoms in total. The van der Waals surface area contributed by atoms with Crippen LogP contribution >= 0.6 is 24.0 Å². The molecule has 0 saturated carbocycles. The van der Waals surface area contributed by atoms with E-state index in [1.54, 1.807) is 42.2 Å². The van der Waals surface area contributed by atoms with Crippen molar-refractivity contribution in [3.8, 4) is 0 Å². The van der Waals surface area contributed by atoms with Gasteiger partial charge in [-0.2, -0.15) is 5.10 Å². The van der Waals surface area contributed by atoms with E-state index in [2.05, 4.69) is 25.4 Å². The number of aromatic nitrogens is 2. The Balaban J connectivity index is 0.00000320. The van der Waals surface area contributed by atoms with Crippen molar-refractivity contribution in [3.63, 3.8) is 0 Å². The number of hydrogen-bond acceptors (Lipinski definition) is 5. The number of aryl methyl sites for hydroxylation is 1. The van der Waals surface area contributed by atoms with E-state index in [1.165, 1.54) is 0 Å². The van der Waals surface area contributed by atoms with Crippen molar-refractivity contribution in [2.75, 3.05) is 20.2 Å². The molecule has 11 heteroatoms. The van der Waals surface area contributed by atoms with Gasteiger partial charge in [0.15, 0.2) is 5.96 Å². The van der Waals surface area contributed by atoms with E-state index < -0.39 is 10.0 Å². The molecule has 0 aliphatic carbocycles. The molecule has 0 radical (unpaired) electrons. The van der Waals surface area contributed by atoms with Crippen LogP contribution in [0, 0.1) is 0 Å². The Bertz CT molecular complexity index is 924. The predicted octanol–water partition coefficient (Wildman–Crippen LogP) is 1.36. The second-order valence-corrected chi connectivity index (χ2v) is 8.62. The molecule has 1 aromatic carbocycles. The van der Waals surface area contributed by atoms with Crippen molar-refractivity contribution in [2.24, 2.45) is 12.0 Å². The smallest absolute Gasteiger partial charge is 0.240 e. The van der Waals surface area contributed by atoms with Crippen LogP contribution in [0.15, 0.2) is 46.4 Å². The third-order valence-corrected chi connectivity index (χ3v) is 6.24. The normalized spacial score (nSPS) is 16.9. The topological polar surface area (TPSA) is 110 Å². The highest BCUT2D eigenvalue weighted by Gasteiger charge is 2.20. The lowest BCUT2D eigenvalue weighted by molar-refractivity contribution is 0.114. The lowest BCUT2D eigenvalue weighted by atomic mass is 10.2. The molecule has 3 N–H and O–H groups in total. The molecule has 1 aliphatic rings. The first-order valence-corrected chi connectivity index (χ1v) is 11.1. The maximum absolute atomic E-state index is 12.4. The van der Waals surface area contributed by atoms with Crippen LogP contribution in [0.3, 0.4) is 0 Å². The van der Waals surface area contributed by atoms with Crippen molar-refractivity contribution < 1.29 is 13.2 Å². The van der Waals surface area contributed by atoms with Crippen LogP contribution in [0.25, 0.3) is 0 Å². The first-order valence-electron chi connectivity index (χ1n) is 9.59. The standard InChI is InChI=1S/C19H28N6O3S.HI/c1-20-19(22-13-16-9-10-23-25(16)2)21-12-15-5-7-18(8-6-15)29(26,27)24-14-17-4-3-11-28-17;/h5-10,17,24H,3-4,11-14H2,1-2H3,(H2,20,21,22);1H. The van der Waals surface area contributed by atoms with Gasteiger partial charge in [-0.3, -0.25) is 9.67 Å². The minimum atomic E-state index is -3.53. The zero-order chi connectivity index (χ0) is 20.7. The molecule has 0 amide bonds. The molecule has 1 unspecified atom stereocenters. The summed E-state index contributed by atoms with van der Waals surface area (Å²) in [5, 5.41) is 10.6.